The van der Waals surface area contributed by atoms with Crippen LogP contribution in [0.3, 0.4) is 0 Å². The normalized spacial score (nSPS) is 16.2. The van der Waals surface area contributed by atoms with E-state index in [0.717, 1.165) is 0 Å². The molecule has 2 N–H and O–H groups in total. The van der Waals surface area contributed by atoms with E-state index in [4.69, 9.17) is 39.8 Å². The van der Waals surface area contributed by atoms with Crippen molar-refractivity contribution < 1.29 is 9.21 Å². The Kier molecular flexibility index (Phi) is 3.71. The molecule has 0 radical (unpaired) electrons. The largest absolute Gasteiger partial charge is 0.457 e. The molecule has 1 saturated heterocycles. The first kappa shape index (κ1) is 14.1. The molecular weight excluding hydrogens is 331 g/mol. The number of thiocarbonyl (C=S) groups is 1. The zero-order valence-electron chi connectivity index (χ0n) is 10.4. The monoisotopic (exact) mass is 338 g/mol. The summed E-state index contributed by atoms with van der Waals surface area (Å²) in [6.45, 7) is 0. The number of amides is 1. The molecule has 0 aliphatic carbocycles. The molecular formula is C14H8Cl2N2O2S. The van der Waals surface area contributed by atoms with Gasteiger partial charge in [0.25, 0.3) is 5.91 Å². The molecule has 2 aromatic rings. The van der Waals surface area contributed by atoms with Gasteiger partial charge in [-0.3, -0.25) is 10.1 Å². The lowest BCUT2D eigenvalue weighted by Crippen LogP contribution is -2.21. The number of halogens is 2. The first-order valence-electron chi connectivity index (χ1n) is 5.93. The van der Waals surface area contributed by atoms with Crippen molar-refractivity contribution in [1.29, 1.82) is 0 Å². The van der Waals surface area contributed by atoms with Gasteiger partial charge in [-0.05, 0) is 36.5 Å². The Morgan fingerprint density at radius 1 is 1.14 bits per heavy atom. The van der Waals surface area contributed by atoms with Crippen LogP contribution in [0.25, 0.3) is 17.4 Å². The van der Waals surface area contributed by atoms with Gasteiger partial charge in [0.05, 0.1) is 10.0 Å². The zero-order chi connectivity index (χ0) is 15.0. The molecule has 3 rings (SSSR count). The van der Waals surface area contributed by atoms with Crippen molar-refractivity contribution in [2.75, 3.05) is 0 Å². The third-order valence-corrected chi connectivity index (χ3v) is 3.87. The molecule has 0 unspecified atom stereocenters. The second-order valence-corrected chi connectivity index (χ2v) is 5.46. The molecule has 1 amide bonds. The number of furan rings is 1. The SMILES string of the molecule is O=C1NC(=S)N/C1=C\c1ccc(-c2cccc(Cl)c2Cl)o1. The van der Waals surface area contributed by atoms with Crippen molar-refractivity contribution >= 4 is 52.5 Å². The van der Waals surface area contributed by atoms with Gasteiger partial charge in [-0.25, -0.2) is 0 Å². The minimum Gasteiger partial charge on any atom is -0.457 e. The van der Waals surface area contributed by atoms with Crippen LogP contribution >= 0.6 is 35.4 Å². The van der Waals surface area contributed by atoms with E-state index in [-0.39, 0.29) is 11.0 Å². The summed E-state index contributed by atoms with van der Waals surface area (Å²) >= 11 is 17.0. The number of benzene rings is 1. The van der Waals surface area contributed by atoms with Crippen LogP contribution in [0, 0.1) is 0 Å². The smallest absolute Gasteiger partial charge is 0.274 e. The fourth-order valence-corrected chi connectivity index (χ4v) is 2.49. The van der Waals surface area contributed by atoms with Gasteiger partial charge in [0.1, 0.15) is 17.2 Å². The predicted molar refractivity (Wildman–Crippen MR) is 86.0 cm³/mol. The lowest BCUT2D eigenvalue weighted by atomic mass is 10.2. The maximum absolute atomic E-state index is 11.6. The van der Waals surface area contributed by atoms with E-state index >= 15 is 0 Å². The van der Waals surface area contributed by atoms with Crippen molar-refractivity contribution in [3.05, 3.63) is 51.8 Å². The quantitative estimate of drug-likeness (QED) is 0.648. The van der Waals surface area contributed by atoms with Crippen LogP contribution < -0.4 is 10.6 Å². The van der Waals surface area contributed by atoms with Crippen LogP contribution in [-0.4, -0.2) is 11.0 Å². The van der Waals surface area contributed by atoms with Crippen LogP contribution in [-0.2, 0) is 4.79 Å². The van der Waals surface area contributed by atoms with Crippen molar-refractivity contribution in [3.8, 4) is 11.3 Å². The Hall–Kier alpha value is -1.82. The lowest BCUT2D eigenvalue weighted by molar-refractivity contribution is -0.115. The maximum Gasteiger partial charge on any atom is 0.274 e. The standard InChI is InChI=1S/C14H8Cl2N2O2S/c15-9-3-1-2-8(12(9)16)11-5-4-7(20-11)6-10-13(19)18-14(21)17-10/h1-6H,(H2,17,18,19,21)/b10-6-. The van der Waals surface area contributed by atoms with Gasteiger partial charge in [-0.15, -0.1) is 0 Å². The van der Waals surface area contributed by atoms with E-state index in [1.165, 1.54) is 0 Å². The highest BCUT2D eigenvalue weighted by Crippen LogP contribution is 2.34. The Bertz CT molecular complexity index is 783. The number of carbonyl (C=O) groups excluding carboxylic acids is 1. The Morgan fingerprint density at radius 2 is 1.95 bits per heavy atom. The van der Waals surface area contributed by atoms with Gasteiger partial charge in [0.15, 0.2) is 5.11 Å². The van der Waals surface area contributed by atoms with Gasteiger partial charge in [0.2, 0.25) is 0 Å². The molecule has 2 heterocycles. The van der Waals surface area contributed by atoms with E-state index in [1.54, 1.807) is 36.4 Å². The molecule has 0 bridgehead atoms. The molecule has 7 heteroatoms. The number of nitrogens with one attached hydrogen (secondary N) is 2. The van der Waals surface area contributed by atoms with Gasteiger partial charge >= 0.3 is 0 Å². The molecule has 0 saturated carbocycles. The molecule has 106 valence electrons. The van der Waals surface area contributed by atoms with E-state index < -0.39 is 0 Å². The molecule has 21 heavy (non-hydrogen) atoms. The highest BCUT2D eigenvalue weighted by atomic mass is 35.5. The summed E-state index contributed by atoms with van der Waals surface area (Å²) in [6.07, 6.45) is 1.57. The summed E-state index contributed by atoms with van der Waals surface area (Å²) in [6, 6.07) is 8.78. The van der Waals surface area contributed by atoms with Crippen molar-refractivity contribution in [3.63, 3.8) is 0 Å². The first-order chi connectivity index (χ1) is 10.0. The summed E-state index contributed by atoms with van der Waals surface area (Å²) < 4.78 is 5.67. The molecule has 1 aliphatic rings. The average molecular weight is 339 g/mol. The fraction of sp³-hybridized carbons (Fsp3) is 0. The Labute approximate surface area is 135 Å². The minimum absolute atomic E-state index is 0.274. The van der Waals surface area contributed by atoms with Crippen LogP contribution in [0.2, 0.25) is 10.0 Å². The molecule has 0 atom stereocenters. The fourth-order valence-electron chi connectivity index (χ4n) is 1.89. The van der Waals surface area contributed by atoms with Crippen molar-refractivity contribution in [2.24, 2.45) is 0 Å². The first-order valence-corrected chi connectivity index (χ1v) is 7.09. The van der Waals surface area contributed by atoms with Gasteiger partial charge in [0, 0.05) is 11.6 Å². The zero-order valence-corrected chi connectivity index (χ0v) is 12.8. The Balaban J connectivity index is 1.94. The molecule has 1 aromatic heterocycles. The van der Waals surface area contributed by atoms with Crippen LogP contribution in [0.15, 0.2) is 40.4 Å². The van der Waals surface area contributed by atoms with Crippen LogP contribution in [0.1, 0.15) is 5.76 Å². The van der Waals surface area contributed by atoms with Crippen molar-refractivity contribution in [2.45, 2.75) is 0 Å². The molecule has 0 spiro atoms. The topological polar surface area (TPSA) is 54.3 Å². The summed E-state index contributed by atoms with van der Waals surface area (Å²) in [5.74, 6) is 0.775. The molecule has 1 fully saturated rings. The van der Waals surface area contributed by atoms with Gasteiger partial charge in [-0.1, -0.05) is 29.3 Å². The number of hydrogen-bond acceptors (Lipinski definition) is 3. The lowest BCUT2D eigenvalue weighted by Gasteiger charge is -2.02. The second kappa shape index (κ2) is 5.52. The van der Waals surface area contributed by atoms with Gasteiger partial charge in [-0.2, -0.15) is 0 Å². The second-order valence-electron chi connectivity index (χ2n) is 4.27. The Morgan fingerprint density at radius 3 is 2.67 bits per heavy atom. The number of rotatable bonds is 2. The highest BCUT2D eigenvalue weighted by Gasteiger charge is 2.20. The number of hydrogen-bond donors (Lipinski definition) is 2. The third-order valence-electron chi connectivity index (χ3n) is 2.85. The third kappa shape index (κ3) is 2.81. The van der Waals surface area contributed by atoms with Crippen LogP contribution in [0.5, 0.6) is 0 Å². The van der Waals surface area contributed by atoms with Gasteiger partial charge < -0.3 is 9.73 Å². The highest BCUT2D eigenvalue weighted by molar-refractivity contribution is 7.80. The summed E-state index contributed by atoms with van der Waals surface area (Å²) in [5, 5.41) is 6.37. The maximum atomic E-state index is 11.6. The van der Waals surface area contributed by atoms with E-state index in [0.29, 0.717) is 32.8 Å². The molecule has 1 aliphatic heterocycles. The molecule has 1 aromatic carbocycles. The molecule has 4 nitrogen and oxygen atoms in total. The minimum atomic E-state index is -0.293. The van der Waals surface area contributed by atoms with E-state index in [2.05, 4.69) is 10.6 Å². The van der Waals surface area contributed by atoms with E-state index in [1.807, 2.05) is 0 Å². The number of carbonyl (C=O) groups is 1. The summed E-state index contributed by atoms with van der Waals surface area (Å²) in [4.78, 5) is 11.6. The van der Waals surface area contributed by atoms with Crippen molar-refractivity contribution in [1.82, 2.24) is 10.6 Å². The van der Waals surface area contributed by atoms with Crippen LogP contribution in [0.4, 0.5) is 0 Å². The summed E-state index contributed by atoms with van der Waals surface area (Å²) in [5.41, 5.74) is 1.02. The summed E-state index contributed by atoms with van der Waals surface area (Å²) in [7, 11) is 0. The average Bonchev–Trinajstić information content (AvgIpc) is 3.01. The van der Waals surface area contributed by atoms with E-state index in [9.17, 15) is 4.79 Å². The predicted octanol–water partition coefficient (Wildman–Crippen LogP) is 3.60.